The normalized spacial score (nSPS) is 6.86. The van der Waals surface area contributed by atoms with Crippen LogP contribution in [0.3, 0.4) is 0 Å². The molecule has 0 atom stereocenters. The SMILES string of the molecule is C#CC#CC#CC#CC#CC#CC#CC#CC#CC#CC#CC#CC#CC#CC#CC#CC#CC#CC#CC#CC#CC#CC#CC#CC#CC#CC#CC#CC#CC#CC#CC#CC#CC#CC#C[CH2-].O=C1CCN(Cc2ccc(C(F)(F)F)cc2Br)CC1. The predicted molar refractivity (Wildman–Crippen MR) is 347 cm³/mol. The molecule has 0 radical (unpaired) electrons. The summed E-state index contributed by atoms with van der Waals surface area (Å²) in [6.45, 7) is 5.22. The zero-order chi connectivity index (χ0) is 64.8. The van der Waals surface area contributed by atoms with Crippen LogP contribution in [0, 0.1) is 422 Å². The summed E-state index contributed by atoms with van der Waals surface area (Å²) < 4.78 is 38.1. The second kappa shape index (κ2) is 55.9. The topological polar surface area (TPSA) is 20.3 Å². The molecule has 0 unspecified atom stereocenters. The highest BCUT2D eigenvalue weighted by Crippen LogP contribution is 2.32. The van der Waals surface area contributed by atoms with Gasteiger partial charge in [0.25, 0.3) is 0 Å². The van der Waals surface area contributed by atoms with Crippen molar-refractivity contribution < 1.29 is 18.0 Å². The molecule has 6 heteroatoms. The number of alkyl halides is 3. The first-order chi connectivity index (χ1) is 44.3. The van der Waals surface area contributed by atoms with Crippen molar-refractivity contribution >= 4 is 21.7 Å². The molecule has 1 fully saturated rings. The first kappa shape index (κ1) is 71.6. The third kappa shape index (κ3) is 49.9. The molecule has 0 saturated carbocycles. The number of halogens is 4. The molecule has 1 heterocycles. The van der Waals surface area contributed by atoms with Crippen molar-refractivity contribution in [1.82, 2.24) is 4.90 Å². The zero-order valence-corrected chi connectivity index (χ0v) is 47.5. The molecule has 1 saturated heterocycles. The fraction of sp³-hybridized carbons (Fsp3) is 0.0714. The lowest BCUT2D eigenvalue weighted by molar-refractivity contribution is -0.137. The molecule has 0 bridgehead atoms. The van der Waals surface area contributed by atoms with E-state index in [4.69, 9.17) is 6.42 Å². The maximum absolute atomic E-state index is 12.5. The van der Waals surface area contributed by atoms with Gasteiger partial charge in [-0.2, -0.15) is 20.1 Å². The van der Waals surface area contributed by atoms with E-state index in [-0.39, 0.29) is 5.78 Å². The van der Waals surface area contributed by atoms with Crippen LogP contribution in [-0.4, -0.2) is 23.8 Å². The number of hydrogen-bond donors (Lipinski definition) is 0. The molecule has 2 rings (SSSR count). The lowest BCUT2D eigenvalue weighted by Crippen LogP contribution is -2.33. The van der Waals surface area contributed by atoms with Gasteiger partial charge < -0.3 is 0 Å². The van der Waals surface area contributed by atoms with Gasteiger partial charge in [0.05, 0.1) is 5.56 Å². The van der Waals surface area contributed by atoms with E-state index in [1.165, 1.54) is 6.07 Å². The van der Waals surface area contributed by atoms with Crippen LogP contribution >= 0.6 is 15.9 Å². The van der Waals surface area contributed by atoms with Crippen molar-refractivity contribution in [1.29, 1.82) is 0 Å². The Morgan fingerprint density at radius 3 is 0.700 bits per heavy atom. The number of ketones is 1. The van der Waals surface area contributed by atoms with Crippen LogP contribution in [0.1, 0.15) is 24.0 Å². The number of hydrogen-bond acceptors (Lipinski definition) is 2. The molecule has 2 nitrogen and oxygen atoms in total. The Balaban J connectivity index is 0.00000178. The fourth-order valence-corrected chi connectivity index (χ4v) is 4.67. The van der Waals surface area contributed by atoms with Crippen molar-refractivity contribution in [2.75, 3.05) is 13.1 Å². The van der Waals surface area contributed by atoms with E-state index < -0.39 is 11.7 Å². The number of rotatable bonds is 2. The monoisotopic (exact) mass is 1190 g/mol. The second-order valence-corrected chi connectivity index (χ2v) is 14.2. The maximum Gasteiger partial charge on any atom is 0.416 e. The Hall–Kier alpha value is -16.4. The summed E-state index contributed by atoms with van der Waals surface area (Å²) >= 11 is 3.18. The molecule has 0 aromatic heterocycles. The number of piperidine rings is 1. The van der Waals surface area contributed by atoms with Crippen LogP contribution in [0.4, 0.5) is 13.2 Å². The van der Waals surface area contributed by atoms with Crippen LogP contribution in [0.5, 0.6) is 0 Å². The minimum atomic E-state index is -4.32. The standard InChI is InChI=1S/C71H3.C13H13BrF3NO/c1-3-5-7-9-11-13-15-17-19-21-23-25-27-29-31-33-35-37-39-41-43-45-47-49-51-53-55-57-59-61-63-65-67-69-71-70-68-66-64-62-60-58-56-54-52-50-48-46-44-42-40-38-36-34-32-30-28-26-24-22-20-18-16-14-12-10-8-6-4-2;14-12-7-10(13(15,16)17)2-1-9(12)8-18-5-3-11(19)4-6-18/h1H,2H2;1-2,7H,3-6,8H2/q-1;. The average Bonchev–Trinajstić information content (AvgIpc) is 2.57. The van der Waals surface area contributed by atoms with Crippen LogP contribution in [-0.2, 0) is 17.5 Å². The van der Waals surface area contributed by atoms with Gasteiger partial charge in [-0.25, -0.2) is 5.92 Å². The summed E-state index contributed by atoms with van der Waals surface area (Å²) in [6, 6.07) is 3.68. The number of Topliss-reactive ketones (excluding diaryl/α,β-unsaturated/α-hetero) is 1. The molecule has 1 aromatic rings. The minimum absolute atomic E-state index is 0.253. The number of terminal acetylenes is 1. The van der Waals surface area contributed by atoms with E-state index in [2.05, 4.69) is 436 Å². The molecule has 0 amide bonds. The lowest BCUT2D eigenvalue weighted by Gasteiger charge is -2.26. The summed E-state index contributed by atoms with van der Waals surface area (Å²) in [4.78, 5) is 13.2. The maximum atomic E-state index is 12.5. The third-order valence-electron chi connectivity index (χ3n) is 7.47. The summed E-state index contributed by atoms with van der Waals surface area (Å²) in [5.74, 6) is 171. The first-order valence-electron chi connectivity index (χ1n) is 23.6. The quantitative estimate of drug-likeness (QED) is 0.328. The number of carbonyl (C=O) groups is 1. The molecule has 392 valence electrons. The van der Waals surface area contributed by atoms with Crippen molar-refractivity contribution in [2.24, 2.45) is 0 Å². The van der Waals surface area contributed by atoms with Crippen molar-refractivity contribution in [3.05, 3.63) is 40.7 Å². The zero-order valence-electron chi connectivity index (χ0n) is 45.9. The smallest absolute Gasteiger partial charge is 0.300 e. The van der Waals surface area contributed by atoms with E-state index in [1.807, 2.05) is 0 Å². The highest BCUT2D eigenvalue weighted by Gasteiger charge is 2.31. The van der Waals surface area contributed by atoms with Crippen LogP contribution in [0.2, 0.25) is 0 Å². The first-order valence-corrected chi connectivity index (χ1v) is 24.4. The average molecular weight is 1190 g/mol. The highest BCUT2D eigenvalue weighted by atomic mass is 79.9. The Labute approximate surface area is 535 Å². The molecular formula is C84H16BrF3NO-. The van der Waals surface area contributed by atoms with E-state index in [0.29, 0.717) is 36.9 Å². The Bertz CT molecular complexity index is 5560. The van der Waals surface area contributed by atoms with Crippen molar-refractivity contribution in [3.8, 4) is 415 Å². The van der Waals surface area contributed by atoms with Crippen LogP contribution in [0.15, 0.2) is 22.7 Å². The molecule has 1 aliphatic heterocycles. The molecule has 0 aliphatic carbocycles. The van der Waals surface area contributed by atoms with Crippen LogP contribution in [0.25, 0.3) is 0 Å². The summed E-state index contributed by atoms with van der Waals surface area (Å²) in [5.41, 5.74) is 0.152. The molecule has 0 N–H and O–H groups in total. The van der Waals surface area contributed by atoms with Gasteiger partial charge in [0.1, 0.15) is 5.78 Å². The van der Waals surface area contributed by atoms with E-state index in [1.54, 1.807) is 0 Å². The lowest BCUT2D eigenvalue weighted by atomic mass is 10.1. The minimum Gasteiger partial charge on any atom is -0.300 e. The van der Waals surface area contributed by atoms with Crippen molar-refractivity contribution in [2.45, 2.75) is 25.6 Å². The third-order valence-corrected chi connectivity index (χ3v) is 8.21. The van der Waals surface area contributed by atoms with E-state index in [9.17, 15) is 18.0 Å². The molecule has 1 aliphatic rings. The molecule has 1 aromatic carbocycles. The Kier molecular flexibility index (Phi) is 44.5. The van der Waals surface area contributed by atoms with Gasteiger partial charge in [0.15, 0.2) is 0 Å². The van der Waals surface area contributed by atoms with Crippen LogP contribution < -0.4 is 0 Å². The van der Waals surface area contributed by atoms with Gasteiger partial charge >= 0.3 is 6.18 Å². The predicted octanol–water partition coefficient (Wildman–Crippen LogP) is 4.20. The molecule has 0 spiro atoms. The molecule has 90 heavy (non-hydrogen) atoms. The van der Waals surface area contributed by atoms with Gasteiger partial charge in [-0.3, -0.25) is 15.6 Å². The van der Waals surface area contributed by atoms with Crippen molar-refractivity contribution in [3.63, 3.8) is 0 Å². The van der Waals surface area contributed by atoms with Gasteiger partial charge in [0.2, 0.25) is 0 Å². The summed E-state index contributed by atoms with van der Waals surface area (Å²) in [6.07, 6.45) is 1.68. The fourth-order valence-electron chi connectivity index (χ4n) is 4.16. The second-order valence-electron chi connectivity index (χ2n) is 13.3. The largest absolute Gasteiger partial charge is 0.416 e. The Morgan fingerprint density at radius 2 is 0.533 bits per heavy atom. The summed E-state index contributed by atoms with van der Waals surface area (Å²) in [5, 5.41) is 0. The Morgan fingerprint density at radius 1 is 0.344 bits per heavy atom. The van der Waals surface area contributed by atoms with Gasteiger partial charge in [-0.05, 0) is 112 Å². The number of likely N-dealkylation sites (tertiary alicyclic amines) is 1. The number of carbonyl (C=O) groups excluding carboxylic acids is 1. The van der Waals surface area contributed by atoms with E-state index >= 15 is 0 Å². The number of benzene rings is 1. The van der Waals surface area contributed by atoms with Gasteiger partial charge in [-0.1, -0.05) is 22.0 Å². The van der Waals surface area contributed by atoms with Gasteiger partial charge in [0, 0.05) is 333 Å². The summed E-state index contributed by atoms with van der Waals surface area (Å²) in [7, 11) is 0. The van der Waals surface area contributed by atoms with Gasteiger partial charge in [-0.15, -0.1) is 12.3 Å². The highest BCUT2D eigenvalue weighted by molar-refractivity contribution is 9.10. The number of nitrogens with zero attached hydrogens (tertiary/aromatic N) is 1. The van der Waals surface area contributed by atoms with E-state index in [0.717, 1.165) is 17.7 Å². The molecular weight excluding hydrogens is 1180 g/mol.